The van der Waals surface area contributed by atoms with Crippen molar-refractivity contribution in [1.82, 2.24) is 19.9 Å². The van der Waals surface area contributed by atoms with Gasteiger partial charge in [-0.05, 0) is 25.2 Å². The van der Waals surface area contributed by atoms with Crippen LogP contribution in [0.5, 0.6) is 0 Å². The lowest BCUT2D eigenvalue weighted by atomic mass is 9.96. The van der Waals surface area contributed by atoms with Crippen LogP contribution in [0.1, 0.15) is 31.2 Å². The van der Waals surface area contributed by atoms with Crippen molar-refractivity contribution in [3.63, 3.8) is 0 Å². The van der Waals surface area contributed by atoms with Gasteiger partial charge in [0, 0.05) is 32.7 Å². The summed E-state index contributed by atoms with van der Waals surface area (Å²) in [5.74, 6) is 0.443. The van der Waals surface area contributed by atoms with Gasteiger partial charge >= 0.3 is 6.18 Å². The summed E-state index contributed by atoms with van der Waals surface area (Å²) in [6.45, 7) is 3.61. The first kappa shape index (κ1) is 20.2. The van der Waals surface area contributed by atoms with Crippen molar-refractivity contribution in [3.8, 4) is 0 Å². The highest BCUT2D eigenvalue weighted by Gasteiger charge is 2.33. The fraction of sp³-hybridized carbons (Fsp3) is 0.556. The van der Waals surface area contributed by atoms with E-state index in [4.69, 9.17) is 0 Å². The summed E-state index contributed by atoms with van der Waals surface area (Å²) in [7, 11) is 1.79. The Morgan fingerprint density at radius 1 is 1.11 bits per heavy atom. The number of aromatic nitrogens is 4. The number of piperidine rings is 1. The highest BCUT2D eigenvalue weighted by Crippen LogP contribution is 2.30. The van der Waals surface area contributed by atoms with Crippen molar-refractivity contribution < 1.29 is 17.6 Å². The van der Waals surface area contributed by atoms with E-state index in [0.29, 0.717) is 31.7 Å². The molecule has 28 heavy (non-hydrogen) atoms. The summed E-state index contributed by atoms with van der Waals surface area (Å²) >= 11 is 0. The molecule has 0 atom stereocenters. The second-order valence-corrected chi connectivity index (χ2v) is 6.88. The first-order valence-electron chi connectivity index (χ1n) is 9.14. The molecule has 3 heterocycles. The van der Waals surface area contributed by atoms with Crippen LogP contribution in [0, 0.1) is 11.7 Å². The molecule has 0 spiro atoms. The van der Waals surface area contributed by atoms with Gasteiger partial charge in [-0.15, -0.1) is 0 Å². The number of halogens is 4. The van der Waals surface area contributed by atoms with E-state index in [9.17, 15) is 17.6 Å². The lowest BCUT2D eigenvalue weighted by Gasteiger charge is -2.35. The monoisotopic (exact) mass is 398 g/mol. The van der Waals surface area contributed by atoms with Crippen LogP contribution in [0.25, 0.3) is 0 Å². The van der Waals surface area contributed by atoms with Gasteiger partial charge in [-0.2, -0.15) is 13.2 Å². The number of aryl methyl sites for hydroxylation is 1. The van der Waals surface area contributed by atoms with Crippen LogP contribution in [0.2, 0.25) is 0 Å². The predicted molar refractivity (Wildman–Crippen MR) is 96.6 cm³/mol. The normalized spacial score (nSPS) is 15.7. The molecule has 3 rings (SSSR count). The topological polar surface area (TPSA) is 58.0 Å². The fourth-order valence-electron chi connectivity index (χ4n) is 3.40. The summed E-state index contributed by atoms with van der Waals surface area (Å²) < 4.78 is 52.9. The summed E-state index contributed by atoms with van der Waals surface area (Å²) in [6.07, 6.45) is -0.152. The molecule has 1 aliphatic rings. The molecule has 0 radical (unpaired) electrons. The Morgan fingerprint density at radius 2 is 1.79 bits per heavy atom. The molecule has 2 aromatic rings. The Balaban J connectivity index is 1.60. The Kier molecular flexibility index (Phi) is 5.95. The standard InChI is InChI=1S/C18H22F4N6/c1-3-13-16(19)17(26-10-23-13)27(2)9-12-4-6-28(7-5-12)15-8-14(18(20,21)22)24-11-25-15/h8,10-12H,3-7,9H2,1-2H3. The van der Waals surface area contributed by atoms with E-state index in [1.807, 2.05) is 11.8 Å². The summed E-state index contributed by atoms with van der Waals surface area (Å²) in [4.78, 5) is 18.9. The van der Waals surface area contributed by atoms with Crippen LogP contribution in [0.3, 0.4) is 0 Å². The predicted octanol–water partition coefficient (Wildman–Crippen LogP) is 3.34. The molecule has 0 amide bonds. The van der Waals surface area contributed by atoms with E-state index in [-0.39, 0.29) is 17.6 Å². The molecule has 0 saturated carbocycles. The molecule has 0 aromatic carbocycles. The van der Waals surface area contributed by atoms with Crippen molar-refractivity contribution in [2.75, 3.05) is 36.5 Å². The molecule has 1 aliphatic heterocycles. The highest BCUT2D eigenvalue weighted by molar-refractivity contribution is 5.41. The smallest absolute Gasteiger partial charge is 0.357 e. The molecule has 1 saturated heterocycles. The van der Waals surface area contributed by atoms with Crippen molar-refractivity contribution in [3.05, 3.63) is 35.9 Å². The molecule has 0 N–H and O–H groups in total. The van der Waals surface area contributed by atoms with E-state index in [1.54, 1.807) is 11.9 Å². The third-order valence-electron chi connectivity index (χ3n) is 4.95. The van der Waals surface area contributed by atoms with Crippen molar-refractivity contribution in [2.24, 2.45) is 5.92 Å². The number of alkyl halides is 3. The minimum absolute atomic E-state index is 0.278. The van der Waals surface area contributed by atoms with Gasteiger partial charge in [0.25, 0.3) is 0 Å². The minimum Gasteiger partial charge on any atom is -0.357 e. The second kappa shape index (κ2) is 8.24. The molecule has 0 bridgehead atoms. The Hall–Kier alpha value is -2.52. The van der Waals surface area contributed by atoms with Crippen LogP contribution in [-0.4, -0.2) is 46.6 Å². The third kappa shape index (κ3) is 4.48. The van der Waals surface area contributed by atoms with Crippen molar-refractivity contribution in [2.45, 2.75) is 32.4 Å². The first-order chi connectivity index (χ1) is 13.3. The molecule has 10 heteroatoms. The average molecular weight is 398 g/mol. The summed E-state index contributed by atoms with van der Waals surface area (Å²) in [5.41, 5.74) is -0.554. The zero-order valence-corrected chi connectivity index (χ0v) is 15.7. The molecule has 0 unspecified atom stereocenters. The largest absolute Gasteiger partial charge is 0.433 e. The minimum atomic E-state index is -4.49. The van der Waals surface area contributed by atoms with Crippen LogP contribution in [-0.2, 0) is 12.6 Å². The van der Waals surface area contributed by atoms with E-state index in [0.717, 1.165) is 25.2 Å². The molecular formula is C18H22F4N6. The Bertz CT molecular complexity index is 805. The number of nitrogens with zero attached hydrogens (tertiary/aromatic N) is 6. The summed E-state index contributed by atoms with van der Waals surface area (Å²) in [5, 5.41) is 0. The van der Waals surface area contributed by atoms with Crippen molar-refractivity contribution >= 4 is 11.6 Å². The lowest BCUT2D eigenvalue weighted by Crippen LogP contribution is -2.38. The van der Waals surface area contributed by atoms with E-state index in [1.165, 1.54) is 6.33 Å². The second-order valence-electron chi connectivity index (χ2n) is 6.88. The quantitative estimate of drug-likeness (QED) is 0.720. The third-order valence-corrected chi connectivity index (χ3v) is 4.95. The number of hydrogen-bond acceptors (Lipinski definition) is 6. The number of anilines is 2. The van der Waals surface area contributed by atoms with Crippen LogP contribution >= 0.6 is 0 Å². The van der Waals surface area contributed by atoms with E-state index in [2.05, 4.69) is 19.9 Å². The Labute approximate surface area is 160 Å². The lowest BCUT2D eigenvalue weighted by molar-refractivity contribution is -0.141. The number of rotatable bonds is 5. The van der Waals surface area contributed by atoms with Gasteiger partial charge in [-0.25, -0.2) is 24.3 Å². The van der Waals surface area contributed by atoms with Gasteiger partial charge < -0.3 is 9.80 Å². The molecule has 152 valence electrons. The van der Waals surface area contributed by atoms with Gasteiger partial charge in [0.15, 0.2) is 11.6 Å². The molecule has 2 aromatic heterocycles. The summed E-state index contributed by atoms with van der Waals surface area (Å²) in [6, 6.07) is 0.981. The highest BCUT2D eigenvalue weighted by atomic mass is 19.4. The van der Waals surface area contributed by atoms with Crippen LogP contribution in [0.15, 0.2) is 18.7 Å². The average Bonchev–Trinajstić information content (AvgIpc) is 2.68. The maximum atomic E-state index is 14.4. The zero-order valence-electron chi connectivity index (χ0n) is 15.7. The van der Waals surface area contributed by atoms with Crippen LogP contribution < -0.4 is 9.80 Å². The first-order valence-corrected chi connectivity index (χ1v) is 9.14. The Morgan fingerprint density at radius 3 is 2.43 bits per heavy atom. The van der Waals surface area contributed by atoms with E-state index < -0.39 is 17.7 Å². The van der Waals surface area contributed by atoms with Gasteiger partial charge in [-0.1, -0.05) is 6.92 Å². The fourth-order valence-corrected chi connectivity index (χ4v) is 3.40. The maximum absolute atomic E-state index is 14.4. The van der Waals surface area contributed by atoms with Gasteiger partial charge in [0.2, 0.25) is 0 Å². The van der Waals surface area contributed by atoms with Crippen LogP contribution in [0.4, 0.5) is 29.2 Å². The van der Waals surface area contributed by atoms with Gasteiger partial charge in [-0.3, -0.25) is 0 Å². The maximum Gasteiger partial charge on any atom is 0.433 e. The number of hydrogen-bond donors (Lipinski definition) is 0. The molecule has 6 nitrogen and oxygen atoms in total. The van der Waals surface area contributed by atoms with Gasteiger partial charge in [0.05, 0.1) is 5.69 Å². The molecule has 1 fully saturated rings. The zero-order chi connectivity index (χ0) is 20.3. The SMILES string of the molecule is CCc1ncnc(N(C)CC2CCN(c3cc(C(F)(F)F)ncn3)CC2)c1F. The van der Waals surface area contributed by atoms with Crippen molar-refractivity contribution in [1.29, 1.82) is 0 Å². The van der Waals surface area contributed by atoms with Gasteiger partial charge in [0.1, 0.15) is 24.2 Å². The van der Waals surface area contributed by atoms with E-state index >= 15 is 0 Å². The molecular weight excluding hydrogens is 376 g/mol. The molecule has 0 aliphatic carbocycles.